The first-order valence-corrected chi connectivity index (χ1v) is 15.3. The molecule has 0 unspecified atom stereocenters. The van der Waals surface area contributed by atoms with E-state index in [9.17, 15) is 22.0 Å². The van der Waals surface area contributed by atoms with Gasteiger partial charge in [0, 0.05) is 25.4 Å². The molecule has 0 spiro atoms. The number of benzene rings is 1. The van der Waals surface area contributed by atoms with Gasteiger partial charge >= 0.3 is 12.2 Å². The fraction of sp³-hybridized carbons (Fsp3) is 0.433. The number of ether oxygens (including phenoxy) is 2. The number of aromatic nitrogens is 5. The first-order chi connectivity index (χ1) is 22.6. The Morgan fingerprint density at radius 1 is 1.12 bits per heavy atom. The predicted octanol–water partition coefficient (Wildman–Crippen LogP) is 5.59. The van der Waals surface area contributed by atoms with Crippen LogP contribution in [0, 0.1) is 12.7 Å². The summed E-state index contributed by atoms with van der Waals surface area (Å²) in [6.45, 7) is 2.72. The second kappa shape index (κ2) is 11.1. The molecule has 254 valence electrons. The Morgan fingerprint density at radius 3 is 2.54 bits per heavy atom. The second-order valence-electron chi connectivity index (χ2n) is 12.2. The first kappa shape index (κ1) is 32.2. The lowest BCUT2D eigenvalue weighted by Crippen LogP contribution is -2.59. The molecule has 2 saturated heterocycles. The Labute approximate surface area is 274 Å². The minimum absolute atomic E-state index is 0.0416. The fourth-order valence-corrected chi connectivity index (χ4v) is 7.23. The number of nitrogens with two attached hydrogens (primary N) is 2. The second-order valence-corrected chi connectivity index (χ2v) is 12.6. The van der Waals surface area contributed by atoms with E-state index in [1.54, 1.807) is 16.7 Å². The summed E-state index contributed by atoms with van der Waals surface area (Å²) in [4.78, 5) is 24.4. The fourth-order valence-electron chi connectivity index (χ4n) is 6.91. The standard InChI is InChI=1S/C30H28ClF6N9O2/c1-13-9-15(38)42-22(18(13)30(35,36)37)16-19(31)24-17-23(20(16)32)43-27(48-12-28-3-6-45(28)11-29(33,34)10-28)44-26(17)46(7-8-47-24)14(2)21-25(39)41-5-4-40-21/h4-5,9,14H,3,6-8,10-12H2,1-2H3,(H2,38,42)(H2,39,41)/t14-,28+/m1/s1. The molecule has 2 fully saturated rings. The van der Waals surface area contributed by atoms with E-state index in [-0.39, 0.29) is 53.9 Å². The maximum Gasteiger partial charge on any atom is 0.418 e. The normalized spacial score (nSPS) is 21.0. The van der Waals surface area contributed by atoms with Crippen LogP contribution in [0.25, 0.3) is 22.2 Å². The third kappa shape index (κ3) is 5.14. The summed E-state index contributed by atoms with van der Waals surface area (Å²) in [7, 11) is 0. The minimum atomic E-state index is -4.97. The molecule has 3 aromatic heterocycles. The number of nitrogen functional groups attached to an aromatic ring is 2. The van der Waals surface area contributed by atoms with E-state index in [1.807, 2.05) is 0 Å². The molecule has 1 aromatic carbocycles. The van der Waals surface area contributed by atoms with Crippen molar-refractivity contribution in [3.8, 4) is 23.0 Å². The highest BCUT2D eigenvalue weighted by Gasteiger charge is 2.60. The molecule has 0 saturated carbocycles. The van der Waals surface area contributed by atoms with Gasteiger partial charge in [-0.2, -0.15) is 23.1 Å². The smallest absolute Gasteiger partial charge is 0.418 e. The molecule has 0 bridgehead atoms. The Balaban J connectivity index is 1.45. The monoisotopic (exact) mass is 695 g/mol. The van der Waals surface area contributed by atoms with Crippen molar-refractivity contribution in [2.24, 2.45) is 0 Å². The number of alkyl halides is 5. The van der Waals surface area contributed by atoms with Gasteiger partial charge in [0.05, 0.1) is 51.9 Å². The largest absolute Gasteiger partial charge is 0.489 e. The van der Waals surface area contributed by atoms with Crippen LogP contribution in [0.3, 0.4) is 0 Å². The first-order valence-electron chi connectivity index (χ1n) is 14.9. The van der Waals surface area contributed by atoms with E-state index in [2.05, 4.69) is 24.9 Å². The number of aryl methyl sites for hydroxylation is 1. The Bertz CT molecular complexity index is 1970. The van der Waals surface area contributed by atoms with E-state index in [0.29, 0.717) is 18.7 Å². The van der Waals surface area contributed by atoms with E-state index in [0.717, 1.165) is 6.07 Å². The van der Waals surface area contributed by atoms with Crippen molar-refractivity contribution < 1.29 is 35.8 Å². The third-order valence-corrected chi connectivity index (χ3v) is 9.53. The Hall–Kier alpha value is -4.38. The van der Waals surface area contributed by atoms with Crippen molar-refractivity contribution in [3.63, 3.8) is 0 Å². The molecule has 3 aliphatic rings. The van der Waals surface area contributed by atoms with Gasteiger partial charge in [-0.25, -0.2) is 23.1 Å². The van der Waals surface area contributed by atoms with E-state index in [4.69, 9.17) is 32.5 Å². The highest BCUT2D eigenvalue weighted by molar-refractivity contribution is 6.36. The molecule has 3 aliphatic heterocycles. The molecule has 48 heavy (non-hydrogen) atoms. The number of halogens is 7. The lowest BCUT2D eigenvalue weighted by Gasteiger charge is -2.46. The molecular weight excluding hydrogens is 668 g/mol. The summed E-state index contributed by atoms with van der Waals surface area (Å²) >= 11 is 6.72. The molecule has 0 amide bonds. The molecule has 11 nitrogen and oxygen atoms in total. The van der Waals surface area contributed by atoms with E-state index >= 15 is 4.39 Å². The zero-order valence-electron chi connectivity index (χ0n) is 25.5. The molecule has 2 atom stereocenters. The number of fused-ring (bicyclic) bond motifs is 1. The molecule has 18 heteroatoms. The third-order valence-electron chi connectivity index (χ3n) is 9.17. The Morgan fingerprint density at radius 2 is 1.88 bits per heavy atom. The van der Waals surface area contributed by atoms with Crippen LogP contribution in [0.5, 0.6) is 11.8 Å². The molecule has 0 radical (unpaired) electrons. The highest BCUT2D eigenvalue weighted by Crippen LogP contribution is 2.51. The van der Waals surface area contributed by atoms with Crippen LogP contribution >= 0.6 is 11.6 Å². The van der Waals surface area contributed by atoms with Crippen molar-refractivity contribution >= 4 is 40.0 Å². The number of hydrogen-bond acceptors (Lipinski definition) is 11. The summed E-state index contributed by atoms with van der Waals surface area (Å²) in [5, 5.41) is -0.572. The topological polar surface area (TPSA) is 141 Å². The molecule has 6 heterocycles. The van der Waals surface area contributed by atoms with Gasteiger partial charge in [0.1, 0.15) is 41.9 Å². The lowest BCUT2D eigenvalue weighted by atomic mass is 9.85. The van der Waals surface area contributed by atoms with Crippen molar-refractivity contribution in [2.45, 2.75) is 50.4 Å². The van der Waals surface area contributed by atoms with Crippen LogP contribution in [0.1, 0.15) is 42.6 Å². The maximum absolute atomic E-state index is 16.9. The number of anilines is 3. The van der Waals surface area contributed by atoms with Crippen molar-refractivity contribution in [2.75, 3.05) is 49.2 Å². The highest BCUT2D eigenvalue weighted by atomic mass is 35.5. The van der Waals surface area contributed by atoms with Gasteiger partial charge in [-0.1, -0.05) is 11.6 Å². The van der Waals surface area contributed by atoms with Gasteiger partial charge in [-0.15, -0.1) is 0 Å². The summed E-state index contributed by atoms with van der Waals surface area (Å²) < 4.78 is 101. The summed E-state index contributed by atoms with van der Waals surface area (Å²) in [6.07, 6.45) is -2.12. The maximum atomic E-state index is 16.9. The quantitative estimate of drug-likeness (QED) is 0.244. The molecule has 0 aliphatic carbocycles. The van der Waals surface area contributed by atoms with Gasteiger partial charge < -0.3 is 25.8 Å². The van der Waals surface area contributed by atoms with Gasteiger partial charge in [0.15, 0.2) is 11.6 Å². The number of pyridine rings is 1. The average molecular weight is 696 g/mol. The molecular formula is C30H28ClF6N9O2. The predicted molar refractivity (Wildman–Crippen MR) is 164 cm³/mol. The zero-order chi connectivity index (χ0) is 34.3. The molecule has 4 aromatic rings. The number of rotatable bonds is 6. The van der Waals surface area contributed by atoms with Crippen molar-refractivity contribution in [1.29, 1.82) is 0 Å². The van der Waals surface area contributed by atoms with Crippen LogP contribution < -0.4 is 25.8 Å². The van der Waals surface area contributed by atoms with Gasteiger partial charge in [-0.3, -0.25) is 9.88 Å². The SMILES string of the molecule is Cc1cc(N)nc(-c2c(Cl)c3c4c(nc(OC[C@@]56CCN5CC(F)(F)C6)nc4c2F)N([C@H](C)c2nccnc2N)CCO3)c1C(F)(F)F. The number of hydrogen-bond donors (Lipinski definition) is 2. The van der Waals surface area contributed by atoms with Crippen molar-refractivity contribution in [3.05, 3.63) is 46.1 Å². The van der Waals surface area contributed by atoms with Crippen LogP contribution in [0.4, 0.5) is 43.8 Å². The van der Waals surface area contributed by atoms with Crippen LogP contribution in [-0.2, 0) is 6.18 Å². The summed E-state index contributed by atoms with van der Waals surface area (Å²) in [5.41, 5.74) is 7.70. The minimum Gasteiger partial charge on any atom is -0.489 e. The van der Waals surface area contributed by atoms with Gasteiger partial charge in [-0.05, 0) is 31.9 Å². The van der Waals surface area contributed by atoms with E-state index in [1.165, 1.54) is 19.3 Å². The molecule has 4 N–H and O–H groups in total. The zero-order valence-corrected chi connectivity index (χ0v) is 26.3. The van der Waals surface area contributed by atoms with E-state index < -0.39 is 75.8 Å². The van der Waals surface area contributed by atoms with Gasteiger partial charge in [0.2, 0.25) is 0 Å². The Kier molecular flexibility index (Phi) is 7.43. The van der Waals surface area contributed by atoms with Crippen LogP contribution in [-0.4, -0.2) is 74.1 Å². The van der Waals surface area contributed by atoms with Crippen LogP contribution in [0.2, 0.25) is 5.02 Å². The molecule has 7 rings (SSSR count). The summed E-state index contributed by atoms with van der Waals surface area (Å²) in [6, 6.07) is -0.0273. The lowest BCUT2D eigenvalue weighted by molar-refractivity contribution is -0.137. The summed E-state index contributed by atoms with van der Waals surface area (Å²) in [5.74, 6) is -4.53. The number of nitrogens with zero attached hydrogens (tertiary/aromatic N) is 7. The average Bonchev–Trinajstić information content (AvgIpc) is 3.10. The van der Waals surface area contributed by atoms with Crippen molar-refractivity contribution in [1.82, 2.24) is 29.8 Å². The van der Waals surface area contributed by atoms with Gasteiger partial charge in [0.25, 0.3) is 5.92 Å². The van der Waals surface area contributed by atoms with Crippen LogP contribution in [0.15, 0.2) is 18.5 Å².